The van der Waals surface area contributed by atoms with Crippen LogP contribution in [-0.2, 0) is 11.3 Å². The fourth-order valence-electron chi connectivity index (χ4n) is 2.39. The van der Waals surface area contributed by atoms with E-state index in [1.807, 2.05) is 4.90 Å². The zero-order chi connectivity index (χ0) is 13.1. The van der Waals surface area contributed by atoms with Gasteiger partial charge < -0.3 is 10.8 Å². The number of carboxylic acid groups (broad SMARTS) is 1. The van der Waals surface area contributed by atoms with E-state index in [1.54, 1.807) is 12.1 Å². The smallest absolute Gasteiger partial charge is 0.307 e. The van der Waals surface area contributed by atoms with Crippen LogP contribution in [0.15, 0.2) is 24.3 Å². The molecule has 1 aromatic carbocycles. The van der Waals surface area contributed by atoms with Crippen molar-refractivity contribution in [2.45, 2.75) is 19.0 Å². The molecule has 2 atom stereocenters. The molecule has 0 amide bonds. The van der Waals surface area contributed by atoms with E-state index >= 15 is 0 Å². The van der Waals surface area contributed by atoms with Crippen molar-refractivity contribution < 1.29 is 14.3 Å². The van der Waals surface area contributed by atoms with Gasteiger partial charge >= 0.3 is 5.97 Å². The van der Waals surface area contributed by atoms with E-state index in [1.165, 1.54) is 12.1 Å². The second-order valence-electron chi connectivity index (χ2n) is 4.85. The van der Waals surface area contributed by atoms with Crippen LogP contribution >= 0.6 is 0 Å². The molecule has 2 rings (SSSR count). The lowest BCUT2D eigenvalue weighted by atomic mass is 9.94. The molecule has 2 unspecified atom stereocenters. The molecule has 1 aliphatic rings. The molecule has 1 aromatic rings. The second kappa shape index (κ2) is 5.46. The monoisotopic (exact) mass is 252 g/mol. The summed E-state index contributed by atoms with van der Waals surface area (Å²) < 4.78 is 12.8. The van der Waals surface area contributed by atoms with Crippen molar-refractivity contribution in [3.63, 3.8) is 0 Å². The van der Waals surface area contributed by atoms with Crippen LogP contribution in [0.2, 0.25) is 0 Å². The van der Waals surface area contributed by atoms with Crippen molar-refractivity contribution >= 4 is 5.97 Å². The molecule has 5 heteroatoms. The first kappa shape index (κ1) is 13.0. The van der Waals surface area contributed by atoms with Gasteiger partial charge in [-0.15, -0.1) is 0 Å². The summed E-state index contributed by atoms with van der Waals surface area (Å²) >= 11 is 0. The molecular weight excluding hydrogens is 235 g/mol. The first-order valence-corrected chi connectivity index (χ1v) is 6.00. The lowest BCUT2D eigenvalue weighted by molar-refractivity contribution is -0.144. The maximum absolute atomic E-state index is 12.8. The highest BCUT2D eigenvalue weighted by atomic mass is 19.1. The van der Waals surface area contributed by atoms with Gasteiger partial charge in [0.15, 0.2) is 0 Å². The highest BCUT2D eigenvalue weighted by Crippen LogP contribution is 2.18. The third-order valence-electron chi connectivity index (χ3n) is 3.23. The average molecular weight is 252 g/mol. The van der Waals surface area contributed by atoms with Crippen LogP contribution < -0.4 is 5.73 Å². The number of rotatable bonds is 3. The van der Waals surface area contributed by atoms with Gasteiger partial charge in [0.2, 0.25) is 0 Å². The van der Waals surface area contributed by atoms with Crippen LogP contribution in [0.3, 0.4) is 0 Å². The van der Waals surface area contributed by atoms with Gasteiger partial charge in [-0.1, -0.05) is 12.1 Å². The van der Waals surface area contributed by atoms with Crippen molar-refractivity contribution in [2.24, 2.45) is 11.7 Å². The number of carbonyl (C=O) groups is 1. The van der Waals surface area contributed by atoms with Crippen molar-refractivity contribution in [1.82, 2.24) is 4.90 Å². The molecule has 0 radical (unpaired) electrons. The van der Waals surface area contributed by atoms with Gasteiger partial charge in [0.05, 0.1) is 5.92 Å². The van der Waals surface area contributed by atoms with Gasteiger partial charge in [-0.25, -0.2) is 4.39 Å². The fourth-order valence-corrected chi connectivity index (χ4v) is 2.39. The fraction of sp³-hybridized carbons (Fsp3) is 0.462. The van der Waals surface area contributed by atoms with Gasteiger partial charge in [-0.05, 0) is 24.1 Å². The molecule has 18 heavy (non-hydrogen) atoms. The van der Waals surface area contributed by atoms with Crippen LogP contribution in [0.5, 0.6) is 0 Å². The van der Waals surface area contributed by atoms with E-state index in [0.717, 1.165) is 5.56 Å². The van der Waals surface area contributed by atoms with Gasteiger partial charge in [0.1, 0.15) is 5.82 Å². The average Bonchev–Trinajstić information content (AvgIpc) is 2.31. The van der Waals surface area contributed by atoms with E-state index in [4.69, 9.17) is 10.8 Å². The normalized spacial score (nSPS) is 25.0. The number of nitrogens with two attached hydrogens (primary N) is 1. The minimum Gasteiger partial charge on any atom is -0.481 e. The lowest BCUT2D eigenvalue weighted by Gasteiger charge is -2.34. The number of hydrogen-bond acceptors (Lipinski definition) is 3. The standard InChI is InChI=1S/C13H17FN2O2/c14-11-3-1-9(2-4-11)6-16-7-10(13(17)18)5-12(15)8-16/h1-4,10,12H,5-8,15H2,(H,17,18). The number of carboxylic acids is 1. The number of benzene rings is 1. The predicted octanol–water partition coefficient (Wildman–Crippen LogP) is 1.06. The highest BCUT2D eigenvalue weighted by Gasteiger charge is 2.29. The maximum atomic E-state index is 12.8. The third-order valence-corrected chi connectivity index (χ3v) is 3.23. The summed E-state index contributed by atoms with van der Waals surface area (Å²) in [5.41, 5.74) is 6.83. The molecule has 0 aromatic heterocycles. The van der Waals surface area contributed by atoms with Crippen LogP contribution in [0.1, 0.15) is 12.0 Å². The summed E-state index contributed by atoms with van der Waals surface area (Å²) in [5.74, 6) is -1.47. The maximum Gasteiger partial charge on any atom is 0.307 e. The van der Waals surface area contributed by atoms with Crippen molar-refractivity contribution in [1.29, 1.82) is 0 Å². The zero-order valence-electron chi connectivity index (χ0n) is 10.1. The summed E-state index contributed by atoms with van der Waals surface area (Å²) in [4.78, 5) is 13.0. The van der Waals surface area contributed by atoms with Crippen LogP contribution in [0.25, 0.3) is 0 Å². The largest absolute Gasteiger partial charge is 0.481 e. The Hall–Kier alpha value is -1.46. The number of aliphatic carboxylic acids is 1. The highest BCUT2D eigenvalue weighted by molar-refractivity contribution is 5.70. The first-order chi connectivity index (χ1) is 8.54. The summed E-state index contributed by atoms with van der Waals surface area (Å²) in [7, 11) is 0. The van der Waals surface area contributed by atoms with Gasteiger partial charge in [0, 0.05) is 25.7 Å². The zero-order valence-corrected chi connectivity index (χ0v) is 10.1. The molecule has 0 saturated carbocycles. The number of piperidine rings is 1. The summed E-state index contributed by atoms with van der Waals surface area (Å²) in [5, 5.41) is 9.04. The second-order valence-corrected chi connectivity index (χ2v) is 4.85. The van der Waals surface area contributed by atoms with E-state index in [0.29, 0.717) is 26.1 Å². The lowest BCUT2D eigenvalue weighted by Crippen LogP contribution is -2.48. The van der Waals surface area contributed by atoms with Crippen LogP contribution in [0.4, 0.5) is 4.39 Å². The Labute approximate surface area is 105 Å². The number of likely N-dealkylation sites (tertiary alicyclic amines) is 1. The number of nitrogens with zero attached hydrogens (tertiary/aromatic N) is 1. The molecule has 1 fully saturated rings. The molecule has 4 nitrogen and oxygen atoms in total. The molecule has 0 bridgehead atoms. The summed E-state index contributed by atoms with van der Waals surface area (Å²) in [6.07, 6.45) is 0.523. The minimum absolute atomic E-state index is 0.111. The van der Waals surface area contributed by atoms with E-state index in [9.17, 15) is 9.18 Å². The summed E-state index contributed by atoms with van der Waals surface area (Å²) in [6.45, 7) is 1.79. The summed E-state index contributed by atoms with van der Waals surface area (Å²) in [6, 6.07) is 6.14. The topological polar surface area (TPSA) is 66.6 Å². The van der Waals surface area contributed by atoms with E-state index in [2.05, 4.69) is 0 Å². The SMILES string of the molecule is NC1CC(C(=O)O)CN(Cc2ccc(F)cc2)C1. The van der Waals surface area contributed by atoms with Gasteiger partial charge in [0.25, 0.3) is 0 Å². The van der Waals surface area contributed by atoms with Gasteiger partial charge in [-0.3, -0.25) is 9.69 Å². The molecule has 1 saturated heterocycles. The Kier molecular flexibility index (Phi) is 3.93. The molecule has 1 heterocycles. The first-order valence-electron chi connectivity index (χ1n) is 6.00. The molecular formula is C13H17FN2O2. The molecule has 1 aliphatic heterocycles. The number of halogens is 1. The van der Waals surface area contributed by atoms with Crippen molar-refractivity contribution in [2.75, 3.05) is 13.1 Å². The number of hydrogen-bond donors (Lipinski definition) is 2. The third kappa shape index (κ3) is 3.27. The predicted molar refractivity (Wildman–Crippen MR) is 65.4 cm³/mol. The Morgan fingerprint density at radius 1 is 1.39 bits per heavy atom. The molecule has 98 valence electrons. The van der Waals surface area contributed by atoms with Crippen LogP contribution in [-0.4, -0.2) is 35.1 Å². The van der Waals surface area contributed by atoms with Crippen molar-refractivity contribution in [3.05, 3.63) is 35.6 Å². The quantitative estimate of drug-likeness (QED) is 0.844. The Morgan fingerprint density at radius 3 is 2.67 bits per heavy atom. The van der Waals surface area contributed by atoms with E-state index < -0.39 is 11.9 Å². The van der Waals surface area contributed by atoms with E-state index in [-0.39, 0.29) is 11.9 Å². The molecule has 0 aliphatic carbocycles. The molecule has 0 spiro atoms. The Balaban J connectivity index is 2.00. The Bertz CT molecular complexity index is 422. The van der Waals surface area contributed by atoms with Crippen LogP contribution in [0, 0.1) is 11.7 Å². The minimum atomic E-state index is -0.797. The molecule has 3 N–H and O–H groups in total. The van der Waals surface area contributed by atoms with Crippen molar-refractivity contribution in [3.8, 4) is 0 Å². The van der Waals surface area contributed by atoms with Gasteiger partial charge in [-0.2, -0.15) is 0 Å². The Morgan fingerprint density at radius 2 is 2.06 bits per heavy atom.